The summed E-state index contributed by atoms with van der Waals surface area (Å²) in [6, 6.07) is 8.00. The molecule has 1 N–H and O–H groups in total. The van der Waals surface area contributed by atoms with Crippen LogP contribution < -0.4 is 5.32 Å². The van der Waals surface area contributed by atoms with E-state index < -0.39 is 0 Å². The molecule has 0 fully saturated rings. The highest BCUT2D eigenvalue weighted by Crippen LogP contribution is 2.20. The fraction of sp³-hybridized carbons (Fsp3) is 0.357. The number of fused-ring (bicyclic) bond motifs is 1. The predicted molar refractivity (Wildman–Crippen MR) is 70.4 cm³/mol. The van der Waals surface area contributed by atoms with Crippen LogP contribution in [0.25, 0.3) is 10.9 Å². The van der Waals surface area contributed by atoms with E-state index in [0.717, 1.165) is 29.4 Å². The average molecular weight is 230 g/mol. The van der Waals surface area contributed by atoms with Crippen molar-refractivity contribution >= 4 is 16.7 Å². The first-order chi connectivity index (χ1) is 8.24. The van der Waals surface area contributed by atoms with Crippen molar-refractivity contribution < 1.29 is 4.79 Å². The van der Waals surface area contributed by atoms with Crippen LogP contribution in [0.2, 0.25) is 0 Å². The monoisotopic (exact) mass is 230 g/mol. The first kappa shape index (κ1) is 11.9. The lowest BCUT2D eigenvalue weighted by Crippen LogP contribution is -2.23. The van der Waals surface area contributed by atoms with Gasteiger partial charge in [-0.1, -0.05) is 25.1 Å². The van der Waals surface area contributed by atoms with Gasteiger partial charge in [-0.3, -0.25) is 4.79 Å². The van der Waals surface area contributed by atoms with Gasteiger partial charge in [-0.05, 0) is 19.0 Å². The predicted octanol–water partition coefficient (Wildman–Crippen LogP) is 2.36. The molecule has 1 heterocycles. The number of para-hydroxylation sites is 1. The molecule has 1 aromatic carbocycles. The number of rotatable bonds is 5. The number of benzene rings is 1. The molecule has 1 aromatic heterocycles. The zero-order valence-electron chi connectivity index (χ0n) is 10.4. The molecule has 0 bridgehead atoms. The van der Waals surface area contributed by atoms with Gasteiger partial charge in [0.05, 0.1) is 6.54 Å². The van der Waals surface area contributed by atoms with Gasteiger partial charge >= 0.3 is 0 Å². The Bertz CT molecular complexity index is 528. The lowest BCUT2D eigenvalue weighted by Gasteiger charge is -2.01. The molecular weight excluding hydrogens is 212 g/mol. The summed E-state index contributed by atoms with van der Waals surface area (Å²) in [7, 11) is 1.97. The van der Waals surface area contributed by atoms with Crippen LogP contribution >= 0.6 is 0 Å². The number of hydrogen-bond acceptors (Lipinski definition) is 2. The Morgan fingerprint density at radius 1 is 1.35 bits per heavy atom. The molecule has 3 nitrogen and oxygen atoms in total. The summed E-state index contributed by atoms with van der Waals surface area (Å²) in [5.74, 6) is 0.162. The molecule has 0 aliphatic carbocycles. The SMILES string of the molecule is CCCNCC(=O)c1cn(C)c2ccccc12. The zero-order valence-corrected chi connectivity index (χ0v) is 10.4. The molecule has 0 amide bonds. The Morgan fingerprint density at radius 3 is 2.88 bits per heavy atom. The Balaban J connectivity index is 2.26. The molecule has 0 atom stereocenters. The van der Waals surface area contributed by atoms with E-state index in [2.05, 4.69) is 12.2 Å². The van der Waals surface area contributed by atoms with Crippen LogP contribution in [0, 0.1) is 0 Å². The van der Waals surface area contributed by atoms with Gasteiger partial charge in [-0.25, -0.2) is 0 Å². The van der Waals surface area contributed by atoms with Crippen molar-refractivity contribution in [1.82, 2.24) is 9.88 Å². The quantitative estimate of drug-likeness (QED) is 0.632. The maximum atomic E-state index is 12.1. The minimum atomic E-state index is 0.162. The average Bonchev–Trinajstić information content (AvgIpc) is 2.68. The van der Waals surface area contributed by atoms with E-state index in [0.29, 0.717) is 6.54 Å². The fourth-order valence-corrected chi connectivity index (χ4v) is 2.04. The van der Waals surface area contributed by atoms with E-state index in [1.807, 2.05) is 42.1 Å². The summed E-state index contributed by atoms with van der Waals surface area (Å²) >= 11 is 0. The van der Waals surface area contributed by atoms with Crippen LogP contribution in [0.3, 0.4) is 0 Å². The summed E-state index contributed by atoms with van der Waals surface area (Å²) in [6.07, 6.45) is 2.96. The number of carbonyl (C=O) groups excluding carboxylic acids is 1. The van der Waals surface area contributed by atoms with Crippen molar-refractivity contribution in [1.29, 1.82) is 0 Å². The molecule has 0 aliphatic heterocycles. The Hall–Kier alpha value is -1.61. The standard InChI is InChI=1S/C14H18N2O/c1-3-8-15-9-14(17)12-10-16(2)13-7-5-4-6-11(12)13/h4-7,10,15H,3,8-9H2,1-2H3. The summed E-state index contributed by atoms with van der Waals surface area (Å²) < 4.78 is 2.00. The summed E-state index contributed by atoms with van der Waals surface area (Å²) in [6.45, 7) is 3.40. The lowest BCUT2D eigenvalue weighted by molar-refractivity contribution is 0.0993. The van der Waals surface area contributed by atoms with Gasteiger partial charge in [0.25, 0.3) is 0 Å². The minimum absolute atomic E-state index is 0.162. The van der Waals surface area contributed by atoms with Crippen LogP contribution in [0.1, 0.15) is 23.7 Å². The van der Waals surface area contributed by atoms with Crippen LogP contribution in [-0.2, 0) is 7.05 Å². The Morgan fingerprint density at radius 2 is 2.12 bits per heavy atom. The van der Waals surface area contributed by atoms with E-state index in [1.54, 1.807) is 0 Å². The van der Waals surface area contributed by atoms with Gasteiger partial charge in [0.2, 0.25) is 0 Å². The number of aryl methyl sites for hydroxylation is 1. The number of Topliss-reactive ketones (excluding diaryl/α,β-unsaturated/α-hetero) is 1. The van der Waals surface area contributed by atoms with Gasteiger partial charge in [0.15, 0.2) is 5.78 Å². The van der Waals surface area contributed by atoms with Crippen LogP contribution in [0.5, 0.6) is 0 Å². The van der Waals surface area contributed by atoms with Crippen molar-refractivity contribution in [2.75, 3.05) is 13.1 Å². The van der Waals surface area contributed by atoms with E-state index >= 15 is 0 Å². The molecule has 3 heteroatoms. The first-order valence-electron chi connectivity index (χ1n) is 6.02. The van der Waals surface area contributed by atoms with Crippen molar-refractivity contribution in [3.63, 3.8) is 0 Å². The van der Waals surface area contributed by atoms with Gasteiger partial charge in [-0.15, -0.1) is 0 Å². The van der Waals surface area contributed by atoms with Crippen molar-refractivity contribution in [2.24, 2.45) is 7.05 Å². The molecule has 90 valence electrons. The van der Waals surface area contributed by atoms with Crippen LogP contribution in [-0.4, -0.2) is 23.4 Å². The minimum Gasteiger partial charge on any atom is -0.350 e. The number of nitrogens with one attached hydrogen (secondary N) is 1. The smallest absolute Gasteiger partial charge is 0.178 e. The van der Waals surface area contributed by atoms with Gasteiger partial charge < -0.3 is 9.88 Å². The van der Waals surface area contributed by atoms with Gasteiger partial charge in [-0.2, -0.15) is 0 Å². The number of hydrogen-bond donors (Lipinski definition) is 1. The molecule has 0 radical (unpaired) electrons. The maximum Gasteiger partial charge on any atom is 0.178 e. The number of ketones is 1. The third kappa shape index (κ3) is 2.39. The number of carbonyl (C=O) groups is 1. The normalized spacial score (nSPS) is 10.9. The largest absolute Gasteiger partial charge is 0.350 e. The van der Waals surface area contributed by atoms with E-state index in [1.165, 1.54) is 0 Å². The highest BCUT2D eigenvalue weighted by atomic mass is 16.1. The topological polar surface area (TPSA) is 34.0 Å². The maximum absolute atomic E-state index is 12.1. The second-order valence-corrected chi connectivity index (χ2v) is 4.27. The fourth-order valence-electron chi connectivity index (χ4n) is 2.04. The Labute approximate surface area is 101 Å². The van der Waals surface area contributed by atoms with E-state index in [9.17, 15) is 4.79 Å². The molecule has 2 aromatic rings. The number of nitrogens with zero attached hydrogens (tertiary/aromatic N) is 1. The van der Waals surface area contributed by atoms with Gasteiger partial charge in [0, 0.05) is 29.7 Å². The van der Waals surface area contributed by atoms with Crippen molar-refractivity contribution in [2.45, 2.75) is 13.3 Å². The highest BCUT2D eigenvalue weighted by Gasteiger charge is 2.12. The molecule has 0 saturated heterocycles. The Kier molecular flexibility index (Phi) is 3.59. The van der Waals surface area contributed by atoms with E-state index in [4.69, 9.17) is 0 Å². The van der Waals surface area contributed by atoms with Crippen LogP contribution in [0.4, 0.5) is 0 Å². The molecule has 2 rings (SSSR count). The molecule has 17 heavy (non-hydrogen) atoms. The molecule has 0 spiro atoms. The second-order valence-electron chi connectivity index (χ2n) is 4.27. The van der Waals surface area contributed by atoms with Crippen molar-refractivity contribution in [3.8, 4) is 0 Å². The summed E-state index contributed by atoms with van der Waals surface area (Å²) in [5.41, 5.74) is 1.91. The highest BCUT2D eigenvalue weighted by molar-refractivity contribution is 6.09. The summed E-state index contributed by atoms with van der Waals surface area (Å²) in [4.78, 5) is 12.1. The zero-order chi connectivity index (χ0) is 12.3. The number of aromatic nitrogens is 1. The summed E-state index contributed by atoms with van der Waals surface area (Å²) in [5, 5.41) is 4.19. The molecule has 0 unspecified atom stereocenters. The molecule has 0 aliphatic rings. The van der Waals surface area contributed by atoms with Crippen LogP contribution in [0.15, 0.2) is 30.5 Å². The molecular formula is C14H18N2O. The second kappa shape index (κ2) is 5.15. The van der Waals surface area contributed by atoms with Gasteiger partial charge in [0.1, 0.15) is 0 Å². The third-order valence-electron chi connectivity index (χ3n) is 2.91. The molecule has 0 saturated carbocycles. The first-order valence-corrected chi connectivity index (χ1v) is 6.02. The lowest BCUT2D eigenvalue weighted by atomic mass is 10.1. The van der Waals surface area contributed by atoms with Crippen molar-refractivity contribution in [3.05, 3.63) is 36.0 Å². The third-order valence-corrected chi connectivity index (χ3v) is 2.91. The van der Waals surface area contributed by atoms with E-state index in [-0.39, 0.29) is 5.78 Å².